The number of aromatic nitrogens is 1. The minimum absolute atomic E-state index is 0.824. The number of hydrogen-bond acceptors (Lipinski definition) is 3. The lowest BCUT2D eigenvalue weighted by Gasteiger charge is -2.13. The predicted molar refractivity (Wildman–Crippen MR) is 82.8 cm³/mol. The van der Waals surface area contributed by atoms with E-state index in [1.165, 1.54) is 5.56 Å². The second-order valence-electron chi connectivity index (χ2n) is 4.65. The predicted octanol–water partition coefficient (Wildman–Crippen LogP) is 4.30. The Bertz CT molecular complexity index is 753. The Morgan fingerprint density at radius 3 is 2.65 bits per heavy atom. The number of para-hydroxylation sites is 3. The average Bonchev–Trinajstić information content (AvgIpc) is 2.49. The zero-order valence-corrected chi connectivity index (χ0v) is 11.6. The van der Waals surface area contributed by atoms with Crippen LogP contribution in [-0.2, 0) is 0 Å². The van der Waals surface area contributed by atoms with Gasteiger partial charge >= 0.3 is 0 Å². The molecule has 0 saturated carbocycles. The van der Waals surface area contributed by atoms with Crippen LogP contribution in [0.1, 0.15) is 5.56 Å². The summed E-state index contributed by atoms with van der Waals surface area (Å²) in [6.07, 6.45) is 1.83. The van der Waals surface area contributed by atoms with Crippen molar-refractivity contribution in [2.24, 2.45) is 0 Å². The van der Waals surface area contributed by atoms with E-state index < -0.39 is 0 Å². The molecule has 0 aliphatic heterocycles. The van der Waals surface area contributed by atoms with Crippen LogP contribution in [0, 0.1) is 6.92 Å². The highest BCUT2D eigenvalue weighted by atomic mass is 16.5. The molecule has 2 aromatic carbocycles. The molecule has 1 aromatic heterocycles. The minimum atomic E-state index is 0.824. The van der Waals surface area contributed by atoms with E-state index in [1.54, 1.807) is 7.11 Å². The fourth-order valence-electron chi connectivity index (χ4n) is 2.33. The number of aryl methyl sites for hydroxylation is 1. The molecule has 0 aliphatic rings. The van der Waals surface area contributed by atoms with Gasteiger partial charge in [-0.25, -0.2) is 0 Å². The number of nitrogens with one attached hydrogen (secondary N) is 1. The Hall–Kier alpha value is -2.55. The topological polar surface area (TPSA) is 34.1 Å². The van der Waals surface area contributed by atoms with Crippen molar-refractivity contribution in [1.82, 2.24) is 4.98 Å². The summed E-state index contributed by atoms with van der Waals surface area (Å²) in [7, 11) is 1.68. The van der Waals surface area contributed by atoms with Crippen molar-refractivity contribution >= 4 is 22.3 Å². The fraction of sp³-hybridized carbons (Fsp3) is 0.118. The first-order valence-corrected chi connectivity index (χ1v) is 6.54. The molecule has 3 nitrogen and oxygen atoms in total. The van der Waals surface area contributed by atoms with E-state index in [4.69, 9.17) is 4.74 Å². The molecule has 0 fully saturated rings. The monoisotopic (exact) mass is 264 g/mol. The van der Waals surface area contributed by atoms with Gasteiger partial charge in [-0.15, -0.1) is 0 Å². The third-order valence-electron chi connectivity index (χ3n) is 3.35. The number of pyridine rings is 1. The highest BCUT2D eigenvalue weighted by molar-refractivity contribution is 5.94. The fourth-order valence-corrected chi connectivity index (χ4v) is 2.33. The van der Waals surface area contributed by atoms with Crippen molar-refractivity contribution < 1.29 is 4.74 Å². The highest BCUT2D eigenvalue weighted by Gasteiger charge is 2.06. The smallest absolute Gasteiger partial charge is 0.142 e. The van der Waals surface area contributed by atoms with Crippen LogP contribution >= 0.6 is 0 Å². The maximum atomic E-state index is 5.38. The van der Waals surface area contributed by atoms with Crippen LogP contribution in [0.15, 0.2) is 54.7 Å². The molecular weight excluding hydrogens is 248 g/mol. The molecule has 0 bridgehead atoms. The molecule has 3 aromatic rings. The summed E-state index contributed by atoms with van der Waals surface area (Å²) in [5, 5.41) is 4.54. The Morgan fingerprint density at radius 2 is 1.80 bits per heavy atom. The molecule has 20 heavy (non-hydrogen) atoms. The maximum absolute atomic E-state index is 5.38. The van der Waals surface area contributed by atoms with Crippen molar-refractivity contribution in [2.75, 3.05) is 12.4 Å². The quantitative estimate of drug-likeness (QED) is 0.766. The molecule has 0 aliphatic carbocycles. The number of benzene rings is 2. The van der Waals surface area contributed by atoms with Crippen LogP contribution in [0.2, 0.25) is 0 Å². The largest absolute Gasteiger partial charge is 0.495 e. The summed E-state index contributed by atoms with van der Waals surface area (Å²) >= 11 is 0. The van der Waals surface area contributed by atoms with Crippen molar-refractivity contribution in [1.29, 1.82) is 0 Å². The summed E-state index contributed by atoms with van der Waals surface area (Å²) in [5.74, 6) is 0.824. The van der Waals surface area contributed by atoms with Crippen LogP contribution in [0.3, 0.4) is 0 Å². The first kappa shape index (κ1) is 12.5. The van der Waals surface area contributed by atoms with Gasteiger partial charge in [0.15, 0.2) is 0 Å². The Morgan fingerprint density at radius 1 is 0.950 bits per heavy atom. The van der Waals surface area contributed by atoms with E-state index in [9.17, 15) is 0 Å². The van der Waals surface area contributed by atoms with Gasteiger partial charge in [0.05, 0.1) is 18.3 Å². The molecule has 0 atom stereocenters. The summed E-state index contributed by atoms with van der Waals surface area (Å²) in [6, 6.07) is 16.1. The number of ether oxygens (including phenoxy) is 1. The zero-order chi connectivity index (χ0) is 13.9. The number of nitrogens with zero attached hydrogens (tertiary/aromatic N) is 1. The van der Waals surface area contributed by atoms with Gasteiger partial charge in [0.1, 0.15) is 5.75 Å². The lowest BCUT2D eigenvalue weighted by molar-refractivity contribution is 0.417. The Balaban J connectivity index is 2.09. The van der Waals surface area contributed by atoms with E-state index in [2.05, 4.69) is 29.4 Å². The van der Waals surface area contributed by atoms with E-state index >= 15 is 0 Å². The molecular formula is C17H16N2O. The summed E-state index contributed by atoms with van der Waals surface area (Å²) in [4.78, 5) is 4.45. The number of fused-ring (bicyclic) bond motifs is 1. The Kier molecular flexibility index (Phi) is 3.25. The summed E-state index contributed by atoms with van der Waals surface area (Å²) in [5.41, 5.74) is 4.17. The molecule has 0 spiro atoms. The molecule has 0 radical (unpaired) electrons. The van der Waals surface area contributed by atoms with Crippen molar-refractivity contribution in [2.45, 2.75) is 6.92 Å². The third kappa shape index (κ3) is 2.18. The second kappa shape index (κ2) is 5.21. The molecule has 0 saturated heterocycles. The van der Waals surface area contributed by atoms with Gasteiger partial charge in [-0.2, -0.15) is 0 Å². The molecule has 1 N–H and O–H groups in total. The van der Waals surface area contributed by atoms with Crippen LogP contribution in [0.4, 0.5) is 11.4 Å². The molecule has 0 unspecified atom stereocenters. The van der Waals surface area contributed by atoms with Gasteiger partial charge in [0.2, 0.25) is 0 Å². The Labute approximate surface area is 118 Å². The van der Waals surface area contributed by atoms with E-state index in [0.717, 1.165) is 28.0 Å². The van der Waals surface area contributed by atoms with Crippen LogP contribution in [-0.4, -0.2) is 12.1 Å². The maximum Gasteiger partial charge on any atom is 0.142 e. The van der Waals surface area contributed by atoms with E-state index in [1.807, 2.05) is 42.6 Å². The van der Waals surface area contributed by atoms with Crippen LogP contribution < -0.4 is 10.1 Å². The lowest BCUT2D eigenvalue weighted by atomic mass is 10.1. The standard InChI is InChI=1S/C17H16N2O/c1-12-6-5-7-13-14(10-11-18-17(12)13)19-15-8-3-4-9-16(15)20-2/h3-11H,1-2H3,(H,18,19). The van der Waals surface area contributed by atoms with E-state index in [-0.39, 0.29) is 0 Å². The normalized spacial score (nSPS) is 10.5. The van der Waals surface area contributed by atoms with Crippen molar-refractivity contribution in [3.63, 3.8) is 0 Å². The van der Waals surface area contributed by atoms with Crippen LogP contribution in [0.5, 0.6) is 5.75 Å². The highest BCUT2D eigenvalue weighted by Crippen LogP contribution is 2.31. The number of methoxy groups -OCH3 is 1. The van der Waals surface area contributed by atoms with Crippen molar-refractivity contribution in [3.05, 3.63) is 60.3 Å². The van der Waals surface area contributed by atoms with Gasteiger partial charge in [-0.3, -0.25) is 4.98 Å². The average molecular weight is 264 g/mol. The van der Waals surface area contributed by atoms with E-state index in [0.29, 0.717) is 0 Å². The molecule has 100 valence electrons. The number of anilines is 2. The lowest BCUT2D eigenvalue weighted by Crippen LogP contribution is -1.96. The number of hydrogen-bond donors (Lipinski definition) is 1. The van der Waals surface area contributed by atoms with Crippen LogP contribution in [0.25, 0.3) is 10.9 Å². The number of rotatable bonds is 3. The molecule has 1 heterocycles. The molecule has 3 heteroatoms. The van der Waals surface area contributed by atoms with Crippen molar-refractivity contribution in [3.8, 4) is 5.75 Å². The molecule has 3 rings (SSSR count). The first-order valence-electron chi connectivity index (χ1n) is 6.54. The third-order valence-corrected chi connectivity index (χ3v) is 3.35. The minimum Gasteiger partial charge on any atom is -0.495 e. The van der Waals surface area contributed by atoms with Gasteiger partial charge < -0.3 is 10.1 Å². The SMILES string of the molecule is COc1ccccc1Nc1ccnc2c(C)cccc12. The zero-order valence-electron chi connectivity index (χ0n) is 11.6. The second-order valence-corrected chi connectivity index (χ2v) is 4.65. The first-order chi connectivity index (χ1) is 9.79. The molecule has 0 amide bonds. The summed E-state index contributed by atoms with van der Waals surface area (Å²) < 4.78 is 5.38. The van der Waals surface area contributed by atoms with Gasteiger partial charge in [-0.05, 0) is 30.7 Å². The summed E-state index contributed by atoms with van der Waals surface area (Å²) in [6.45, 7) is 2.07. The van der Waals surface area contributed by atoms with Gasteiger partial charge in [0.25, 0.3) is 0 Å². The van der Waals surface area contributed by atoms with Gasteiger partial charge in [-0.1, -0.05) is 30.3 Å². The van der Waals surface area contributed by atoms with Gasteiger partial charge in [0, 0.05) is 17.3 Å².